The predicted molar refractivity (Wildman–Crippen MR) is 64.6 cm³/mol. The topological polar surface area (TPSA) is 110 Å². The van der Waals surface area contributed by atoms with E-state index < -0.39 is 23.1 Å². The molecule has 18 heavy (non-hydrogen) atoms. The number of halogens is 1. The monoisotopic (exact) mass is 319 g/mol. The van der Waals surface area contributed by atoms with E-state index in [9.17, 15) is 20.0 Å². The van der Waals surface area contributed by atoms with E-state index in [-0.39, 0.29) is 11.4 Å². The molecule has 0 heterocycles. The van der Waals surface area contributed by atoms with Crippen molar-refractivity contribution in [3.63, 3.8) is 0 Å². The van der Waals surface area contributed by atoms with E-state index in [1.807, 2.05) is 0 Å². The minimum atomic E-state index is -2.07. The third-order valence-corrected chi connectivity index (χ3v) is 2.75. The Labute approximate surface area is 110 Å². The minimum Gasteiger partial charge on any atom is -0.489 e. The number of aliphatic carboxylic acids is 1. The van der Waals surface area contributed by atoms with Crippen molar-refractivity contribution in [2.75, 3.05) is 6.61 Å². The number of rotatable bonds is 5. The van der Waals surface area contributed by atoms with Gasteiger partial charge in [-0.3, -0.25) is 10.1 Å². The van der Waals surface area contributed by atoms with Crippen LogP contribution in [0.3, 0.4) is 0 Å². The summed E-state index contributed by atoms with van der Waals surface area (Å²) in [6, 6.07) is 3.82. The van der Waals surface area contributed by atoms with Crippen LogP contribution in [-0.4, -0.2) is 33.3 Å². The van der Waals surface area contributed by atoms with Crippen molar-refractivity contribution >= 4 is 27.6 Å². The molecule has 1 aromatic carbocycles. The second-order valence-corrected chi connectivity index (χ2v) is 4.59. The van der Waals surface area contributed by atoms with E-state index in [2.05, 4.69) is 15.9 Å². The van der Waals surface area contributed by atoms with Gasteiger partial charge in [0.25, 0.3) is 5.69 Å². The summed E-state index contributed by atoms with van der Waals surface area (Å²) in [5.41, 5.74) is -2.26. The molecule has 0 saturated heterocycles. The lowest BCUT2D eigenvalue weighted by atomic mass is 10.1. The molecular formula is C10H10BrNO6. The lowest BCUT2D eigenvalue weighted by Gasteiger charge is -2.18. The van der Waals surface area contributed by atoms with Gasteiger partial charge in [0.15, 0.2) is 5.60 Å². The molecule has 0 spiro atoms. The molecule has 1 unspecified atom stereocenters. The number of nitro groups is 1. The van der Waals surface area contributed by atoms with Gasteiger partial charge in [-0.2, -0.15) is 0 Å². The van der Waals surface area contributed by atoms with E-state index in [4.69, 9.17) is 9.84 Å². The van der Waals surface area contributed by atoms with Crippen LogP contribution in [0.2, 0.25) is 0 Å². The molecule has 0 radical (unpaired) electrons. The van der Waals surface area contributed by atoms with Crippen LogP contribution < -0.4 is 4.74 Å². The molecule has 1 rings (SSSR count). The maximum Gasteiger partial charge on any atom is 0.339 e. The van der Waals surface area contributed by atoms with Crippen molar-refractivity contribution in [3.8, 4) is 5.75 Å². The first-order chi connectivity index (χ1) is 8.24. The lowest BCUT2D eigenvalue weighted by molar-refractivity contribution is -0.385. The maximum atomic E-state index is 10.7. The van der Waals surface area contributed by atoms with Crippen LogP contribution in [0.1, 0.15) is 6.92 Å². The maximum absolute atomic E-state index is 10.7. The molecule has 98 valence electrons. The van der Waals surface area contributed by atoms with Crippen molar-refractivity contribution in [1.29, 1.82) is 0 Å². The van der Waals surface area contributed by atoms with Crippen LogP contribution in [-0.2, 0) is 4.79 Å². The lowest BCUT2D eigenvalue weighted by Crippen LogP contribution is -2.41. The van der Waals surface area contributed by atoms with Crippen LogP contribution in [0.4, 0.5) is 5.69 Å². The van der Waals surface area contributed by atoms with Crippen molar-refractivity contribution in [2.45, 2.75) is 12.5 Å². The fourth-order valence-corrected chi connectivity index (χ4v) is 1.36. The number of ether oxygens (including phenoxy) is 1. The summed E-state index contributed by atoms with van der Waals surface area (Å²) in [5, 5.41) is 28.7. The summed E-state index contributed by atoms with van der Waals surface area (Å²) in [6.07, 6.45) is 0. The van der Waals surface area contributed by atoms with Gasteiger partial charge < -0.3 is 14.9 Å². The van der Waals surface area contributed by atoms with Gasteiger partial charge in [0.1, 0.15) is 12.4 Å². The first-order valence-electron chi connectivity index (χ1n) is 4.76. The summed E-state index contributed by atoms with van der Waals surface area (Å²) in [7, 11) is 0. The molecule has 1 aromatic rings. The van der Waals surface area contributed by atoms with Gasteiger partial charge in [0, 0.05) is 6.07 Å². The summed E-state index contributed by atoms with van der Waals surface area (Å²) in [4.78, 5) is 20.6. The van der Waals surface area contributed by atoms with Gasteiger partial charge in [0.05, 0.1) is 15.5 Å². The Balaban J connectivity index is 2.88. The second-order valence-electron chi connectivity index (χ2n) is 3.74. The van der Waals surface area contributed by atoms with E-state index in [1.165, 1.54) is 12.1 Å². The average molecular weight is 320 g/mol. The zero-order valence-corrected chi connectivity index (χ0v) is 10.9. The quantitative estimate of drug-likeness (QED) is 0.629. The van der Waals surface area contributed by atoms with E-state index in [0.29, 0.717) is 4.47 Å². The Hall–Kier alpha value is -1.67. The number of aliphatic hydroxyl groups is 1. The van der Waals surface area contributed by atoms with E-state index in [0.717, 1.165) is 13.0 Å². The van der Waals surface area contributed by atoms with Gasteiger partial charge in [-0.15, -0.1) is 0 Å². The smallest absolute Gasteiger partial charge is 0.339 e. The van der Waals surface area contributed by atoms with Crippen LogP contribution >= 0.6 is 15.9 Å². The van der Waals surface area contributed by atoms with Gasteiger partial charge in [-0.05, 0) is 28.9 Å². The zero-order valence-electron chi connectivity index (χ0n) is 9.29. The Morgan fingerprint density at radius 2 is 2.22 bits per heavy atom. The van der Waals surface area contributed by atoms with Crippen LogP contribution in [0.5, 0.6) is 5.75 Å². The molecule has 0 amide bonds. The molecule has 0 bridgehead atoms. The highest BCUT2D eigenvalue weighted by Gasteiger charge is 2.31. The summed E-state index contributed by atoms with van der Waals surface area (Å²) in [5.74, 6) is -1.35. The largest absolute Gasteiger partial charge is 0.489 e. The summed E-state index contributed by atoms with van der Waals surface area (Å²) in [6.45, 7) is 0.544. The third-order valence-electron chi connectivity index (χ3n) is 2.10. The Kier molecular flexibility index (Phi) is 4.25. The van der Waals surface area contributed by atoms with E-state index in [1.54, 1.807) is 0 Å². The van der Waals surface area contributed by atoms with E-state index >= 15 is 0 Å². The normalized spacial score (nSPS) is 13.7. The highest BCUT2D eigenvalue weighted by Crippen LogP contribution is 2.29. The van der Waals surface area contributed by atoms with Crippen LogP contribution in [0.15, 0.2) is 22.7 Å². The van der Waals surface area contributed by atoms with Gasteiger partial charge in [-0.1, -0.05) is 0 Å². The Morgan fingerprint density at radius 1 is 1.61 bits per heavy atom. The standard InChI is InChI=1S/C10H10BrNO6/c1-10(15,9(13)14)5-18-8-4-6(12(16)17)2-3-7(8)11/h2-4,15H,5H2,1H3,(H,13,14). The van der Waals surface area contributed by atoms with Crippen molar-refractivity contribution in [1.82, 2.24) is 0 Å². The Morgan fingerprint density at radius 3 is 2.72 bits per heavy atom. The number of hydrogen-bond acceptors (Lipinski definition) is 5. The number of nitro benzene ring substituents is 1. The zero-order chi connectivity index (χ0) is 13.9. The third kappa shape index (κ3) is 3.41. The van der Waals surface area contributed by atoms with Gasteiger partial charge in [-0.25, -0.2) is 4.79 Å². The molecule has 2 N–H and O–H groups in total. The number of benzene rings is 1. The second kappa shape index (κ2) is 5.32. The summed E-state index contributed by atoms with van der Waals surface area (Å²) >= 11 is 3.11. The van der Waals surface area contributed by atoms with Gasteiger partial charge in [0.2, 0.25) is 0 Å². The van der Waals surface area contributed by atoms with Crippen LogP contribution in [0, 0.1) is 10.1 Å². The SMILES string of the molecule is CC(O)(COc1cc([N+](=O)[O-])ccc1Br)C(=O)O. The highest BCUT2D eigenvalue weighted by molar-refractivity contribution is 9.10. The number of carbonyl (C=O) groups is 1. The van der Waals surface area contributed by atoms with Gasteiger partial charge >= 0.3 is 5.97 Å². The molecule has 0 aromatic heterocycles. The fourth-order valence-electron chi connectivity index (χ4n) is 0.996. The molecule has 7 nitrogen and oxygen atoms in total. The van der Waals surface area contributed by atoms with Crippen molar-refractivity contribution < 1.29 is 24.7 Å². The van der Waals surface area contributed by atoms with Crippen LogP contribution in [0.25, 0.3) is 0 Å². The first kappa shape index (κ1) is 14.4. The molecule has 0 saturated carbocycles. The minimum absolute atomic E-state index is 0.0886. The molecule has 0 aliphatic heterocycles. The number of non-ortho nitro benzene ring substituents is 1. The molecule has 0 aliphatic rings. The predicted octanol–water partition coefficient (Wildman–Crippen LogP) is 1.57. The number of carboxylic acids is 1. The highest BCUT2D eigenvalue weighted by atomic mass is 79.9. The first-order valence-corrected chi connectivity index (χ1v) is 5.56. The Bertz CT molecular complexity index is 487. The molecular weight excluding hydrogens is 310 g/mol. The van der Waals surface area contributed by atoms with Crippen molar-refractivity contribution in [2.24, 2.45) is 0 Å². The van der Waals surface area contributed by atoms with Crippen molar-refractivity contribution in [3.05, 3.63) is 32.8 Å². The number of hydrogen-bond donors (Lipinski definition) is 2. The molecule has 0 aliphatic carbocycles. The summed E-state index contributed by atoms with van der Waals surface area (Å²) < 4.78 is 5.50. The number of carboxylic acid groups (broad SMARTS) is 1. The molecule has 0 fully saturated rings. The fraction of sp³-hybridized carbons (Fsp3) is 0.300. The molecule has 8 heteroatoms. The molecule has 1 atom stereocenters. The average Bonchev–Trinajstić information content (AvgIpc) is 2.27. The number of nitrogens with zero attached hydrogens (tertiary/aromatic N) is 1.